The fraction of sp³-hybridized carbons (Fsp3) is 1.00. The summed E-state index contributed by atoms with van der Waals surface area (Å²) in [7, 11) is 0. The minimum Gasteiger partial charge on any atom is -0.376 e. The maximum atomic E-state index is 5.30. The first kappa shape index (κ1) is 6.05. The lowest BCUT2D eigenvalue weighted by Gasteiger charge is -2.20. The molecule has 0 radical (unpaired) electrons. The van der Waals surface area contributed by atoms with Gasteiger partial charge in [-0.25, -0.2) is 0 Å². The van der Waals surface area contributed by atoms with Crippen molar-refractivity contribution in [2.24, 2.45) is 0 Å². The lowest BCUT2D eigenvalue weighted by molar-refractivity contribution is -0.0887. The molecule has 0 amide bonds. The molecule has 8 heavy (non-hydrogen) atoms. The smallest absolute Gasteiger partial charge is 0.0807 e. The summed E-state index contributed by atoms with van der Waals surface area (Å²) >= 11 is 0. The predicted octanol–water partition coefficient (Wildman–Crippen LogP) is 0.812. The van der Waals surface area contributed by atoms with Gasteiger partial charge in [-0.1, -0.05) is 6.92 Å². The van der Waals surface area contributed by atoms with E-state index in [-0.39, 0.29) is 0 Å². The molecule has 0 N–H and O–H groups in total. The van der Waals surface area contributed by atoms with Crippen LogP contribution in [0.5, 0.6) is 0 Å². The first-order valence-electron chi connectivity index (χ1n) is 3.13. The number of rotatable bonds is 1. The van der Waals surface area contributed by atoms with Crippen LogP contribution in [-0.4, -0.2) is 25.9 Å². The van der Waals surface area contributed by atoms with Crippen molar-refractivity contribution in [3.05, 3.63) is 0 Å². The average molecular weight is 116 g/mol. The maximum absolute atomic E-state index is 5.30. The monoisotopic (exact) mass is 116 g/mol. The first-order chi connectivity index (χ1) is 3.93. The summed E-state index contributed by atoms with van der Waals surface area (Å²) in [6.45, 7) is 4.45. The quantitative estimate of drug-likeness (QED) is 0.504. The second kappa shape index (κ2) is 3.05. The van der Waals surface area contributed by atoms with Crippen molar-refractivity contribution in [1.82, 2.24) is 0 Å². The fourth-order valence-electron chi connectivity index (χ4n) is 0.772. The van der Waals surface area contributed by atoms with Crippen LogP contribution >= 0.6 is 0 Å². The lowest BCUT2D eigenvalue weighted by atomic mass is 10.3. The Morgan fingerprint density at radius 2 is 2.38 bits per heavy atom. The summed E-state index contributed by atoms with van der Waals surface area (Å²) in [5.74, 6) is 0. The number of hydrogen-bond donors (Lipinski definition) is 0. The van der Waals surface area contributed by atoms with Crippen LogP contribution in [0.2, 0.25) is 0 Å². The summed E-state index contributed by atoms with van der Waals surface area (Å²) in [5.41, 5.74) is 0. The molecule has 0 spiro atoms. The standard InChI is InChI=1S/C6H12O2/c1-2-6-5-7-3-4-8-6/h6H,2-5H2,1H3/t6-/m0/s1. The van der Waals surface area contributed by atoms with Crippen LogP contribution in [0.15, 0.2) is 0 Å². The van der Waals surface area contributed by atoms with Gasteiger partial charge < -0.3 is 9.47 Å². The zero-order chi connectivity index (χ0) is 5.82. The van der Waals surface area contributed by atoms with Crippen LogP contribution in [0.4, 0.5) is 0 Å². The topological polar surface area (TPSA) is 18.5 Å². The summed E-state index contributed by atoms with van der Waals surface area (Å²) in [6.07, 6.45) is 1.43. The molecule has 1 saturated heterocycles. The molecule has 0 saturated carbocycles. The lowest BCUT2D eigenvalue weighted by Crippen LogP contribution is -2.27. The van der Waals surface area contributed by atoms with E-state index in [1.807, 2.05) is 0 Å². The number of ether oxygens (including phenoxy) is 2. The molecule has 0 bridgehead atoms. The van der Waals surface area contributed by atoms with Gasteiger partial charge in [-0.3, -0.25) is 0 Å². The van der Waals surface area contributed by atoms with E-state index in [4.69, 9.17) is 9.47 Å². The third-order valence-corrected chi connectivity index (χ3v) is 1.34. The van der Waals surface area contributed by atoms with Crippen LogP contribution in [0.25, 0.3) is 0 Å². The van der Waals surface area contributed by atoms with E-state index < -0.39 is 0 Å². The highest BCUT2D eigenvalue weighted by Gasteiger charge is 2.10. The minimum atomic E-state index is 0.365. The highest BCUT2D eigenvalue weighted by atomic mass is 16.6. The molecule has 1 fully saturated rings. The molecule has 0 unspecified atom stereocenters. The molecule has 48 valence electrons. The van der Waals surface area contributed by atoms with Crippen molar-refractivity contribution in [3.63, 3.8) is 0 Å². The van der Waals surface area contributed by atoms with Gasteiger partial charge in [0, 0.05) is 0 Å². The third-order valence-electron chi connectivity index (χ3n) is 1.34. The Hall–Kier alpha value is -0.0800. The third kappa shape index (κ3) is 1.46. The van der Waals surface area contributed by atoms with Crippen molar-refractivity contribution in [2.45, 2.75) is 19.4 Å². The molecule has 0 aromatic rings. The molecule has 0 aromatic heterocycles. The SMILES string of the molecule is CC[C@H]1COCCO1. The summed E-state index contributed by atoms with van der Waals surface area (Å²) in [6, 6.07) is 0. The zero-order valence-corrected chi connectivity index (χ0v) is 5.22. The van der Waals surface area contributed by atoms with Crippen LogP contribution < -0.4 is 0 Å². The molecule has 0 aromatic carbocycles. The Kier molecular flexibility index (Phi) is 2.30. The molecule has 1 rings (SSSR count). The normalized spacial score (nSPS) is 30.4. The molecule has 1 aliphatic rings. The Morgan fingerprint density at radius 3 is 2.75 bits per heavy atom. The largest absolute Gasteiger partial charge is 0.376 e. The first-order valence-corrected chi connectivity index (χ1v) is 3.13. The number of hydrogen-bond acceptors (Lipinski definition) is 2. The molecule has 1 atom stereocenters. The van der Waals surface area contributed by atoms with Crippen LogP contribution in [0.3, 0.4) is 0 Å². The Balaban J connectivity index is 2.13. The molecule has 0 aliphatic carbocycles. The van der Waals surface area contributed by atoms with Gasteiger partial charge in [-0.2, -0.15) is 0 Å². The average Bonchev–Trinajstić information content (AvgIpc) is 1.90. The van der Waals surface area contributed by atoms with Gasteiger partial charge in [0.1, 0.15) is 0 Å². The molecule has 2 nitrogen and oxygen atoms in total. The van der Waals surface area contributed by atoms with E-state index in [1.165, 1.54) is 0 Å². The van der Waals surface area contributed by atoms with Gasteiger partial charge in [0.05, 0.1) is 25.9 Å². The highest BCUT2D eigenvalue weighted by molar-refractivity contribution is 4.56. The van der Waals surface area contributed by atoms with Crippen molar-refractivity contribution in [1.29, 1.82) is 0 Å². The van der Waals surface area contributed by atoms with Crippen molar-refractivity contribution in [2.75, 3.05) is 19.8 Å². The van der Waals surface area contributed by atoms with Gasteiger partial charge in [0.15, 0.2) is 0 Å². The van der Waals surface area contributed by atoms with E-state index in [1.54, 1.807) is 0 Å². The fourth-order valence-corrected chi connectivity index (χ4v) is 0.772. The zero-order valence-electron chi connectivity index (χ0n) is 5.22. The Bertz CT molecular complexity index is 57.5. The molecule has 1 heterocycles. The maximum Gasteiger partial charge on any atom is 0.0807 e. The van der Waals surface area contributed by atoms with E-state index >= 15 is 0 Å². The van der Waals surface area contributed by atoms with E-state index in [2.05, 4.69) is 6.92 Å². The second-order valence-electron chi connectivity index (χ2n) is 1.98. The summed E-state index contributed by atoms with van der Waals surface area (Å²) in [4.78, 5) is 0. The summed E-state index contributed by atoms with van der Waals surface area (Å²) in [5, 5.41) is 0. The Morgan fingerprint density at radius 1 is 1.50 bits per heavy atom. The minimum absolute atomic E-state index is 0.365. The van der Waals surface area contributed by atoms with Crippen LogP contribution in [0.1, 0.15) is 13.3 Å². The molecule has 1 aliphatic heterocycles. The Labute approximate surface area is 49.8 Å². The van der Waals surface area contributed by atoms with Gasteiger partial charge in [0.25, 0.3) is 0 Å². The van der Waals surface area contributed by atoms with Gasteiger partial charge in [-0.15, -0.1) is 0 Å². The van der Waals surface area contributed by atoms with Crippen molar-refractivity contribution in [3.8, 4) is 0 Å². The van der Waals surface area contributed by atoms with E-state index in [9.17, 15) is 0 Å². The predicted molar refractivity (Wildman–Crippen MR) is 30.8 cm³/mol. The molecular weight excluding hydrogens is 104 g/mol. The van der Waals surface area contributed by atoms with Crippen molar-refractivity contribution >= 4 is 0 Å². The van der Waals surface area contributed by atoms with Crippen LogP contribution in [0, 0.1) is 0 Å². The molecule has 2 heteroatoms. The van der Waals surface area contributed by atoms with Crippen LogP contribution in [-0.2, 0) is 9.47 Å². The van der Waals surface area contributed by atoms with Gasteiger partial charge in [-0.05, 0) is 6.42 Å². The van der Waals surface area contributed by atoms with Gasteiger partial charge in [0.2, 0.25) is 0 Å². The van der Waals surface area contributed by atoms with Gasteiger partial charge >= 0.3 is 0 Å². The summed E-state index contributed by atoms with van der Waals surface area (Å²) < 4.78 is 10.5. The molecular formula is C6H12O2. The van der Waals surface area contributed by atoms with E-state index in [0.717, 1.165) is 26.2 Å². The highest BCUT2D eigenvalue weighted by Crippen LogP contribution is 2.02. The van der Waals surface area contributed by atoms with E-state index in [0.29, 0.717) is 6.10 Å². The van der Waals surface area contributed by atoms with Crippen molar-refractivity contribution < 1.29 is 9.47 Å². The second-order valence-corrected chi connectivity index (χ2v) is 1.98.